The lowest BCUT2D eigenvalue weighted by Crippen LogP contribution is -2.01. The summed E-state index contributed by atoms with van der Waals surface area (Å²) in [6.07, 6.45) is 0. The fraction of sp³-hybridized carbons (Fsp3) is 0.250. The number of hydrogen-bond donors (Lipinski definition) is 1. The van der Waals surface area contributed by atoms with E-state index >= 15 is 0 Å². The molecule has 1 N–H and O–H groups in total. The summed E-state index contributed by atoms with van der Waals surface area (Å²) in [7, 11) is 0. The summed E-state index contributed by atoms with van der Waals surface area (Å²) in [6.45, 7) is 4.95. The molecule has 0 aliphatic heterocycles. The molecule has 0 spiro atoms. The van der Waals surface area contributed by atoms with E-state index in [0.717, 1.165) is 17.2 Å². The van der Waals surface area contributed by atoms with Crippen molar-refractivity contribution in [1.82, 2.24) is 4.98 Å². The lowest BCUT2D eigenvalue weighted by molar-refractivity contribution is 1.05. The van der Waals surface area contributed by atoms with E-state index in [2.05, 4.69) is 63.4 Å². The maximum absolute atomic E-state index is 4.43. The molecule has 0 saturated heterocycles. The van der Waals surface area contributed by atoms with Gasteiger partial charge < -0.3 is 5.32 Å². The number of thiazole rings is 1. The van der Waals surface area contributed by atoms with Crippen LogP contribution in [-0.2, 0) is 6.54 Å². The van der Waals surface area contributed by atoms with Gasteiger partial charge in [-0.25, -0.2) is 4.98 Å². The van der Waals surface area contributed by atoms with Crippen molar-refractivity contribution < 1.29 is 0 Å². The Bertz CT molecular complexity index is 494. The highest BCUT2D eigenvalue weighted by molar-refractivity contribution is 14.1. The average Bonchev–Trinajstić information content (AvgIpc) is 2.63. The van der Waals surface area contributed by atoms with Crippen LogP contribution in [0.15, 0.2) is 23.6 Å². The molecule has 2 nitrogen and oxygen atoms in total. The minimum absolute atomic E-state index is 0.797. The average molecular weight is 344 g/mol. The van der Waals surface area contributed by atoms with Gasteiger partial charge in [-0.1, -0.05) is 0 Å². The van der Waals surface area contributed by atoms with Crippen molar-refractivity contribution in [2.45, 2.75) is 20.4 Å². The van der Waals surface area contributed by atoms with Crippen LogP contribution < -0.4 is 5.32 Å². The van der Waals surface area contributed by atoms with Gasteiger partial charge in [0.05, 0.1) is 17.2 Å². The predicted molar refractivity (Wildman–Crippen MR) is 78.1 cm³/mol. The summed E-state index contributed by atoms with van der Waals surface area (Å²) in [5.74, 6) is 0. The van der Waals surface area contributed by atoms with Crippen molar-refractivity contribution in [3.63, 3.8) is 0 Å². The summed E-state index contributed by atoms with van der Waals surface area (Å²) in [5, 5.41) is 6.63. The van der Waals surface area contributed by atoms with Gasteiger partial charge in [0, 0.05) is 14.6 Å². The Morgan fingerprint density at radius 2 is 2.19 bits per heavy atom. The monoisotopic (exact) mass is 344 g/mol. The SMILES string of the molecule is Cc1nc(CNc2ccc(I)cc2C)cs1. The molecule has 0 atom stereocenters. The van der Waals surface area contributed by atoms with Crippen molar-refractivity contribution in [3.8, 4) is 0 Å². The molecule has 0 fully saturated rings. The Balaban J connectivity index is 2.04. The minimum Gasteiger partial charge on any atom is -0.379 e. The van der Waals surface area contributed by atoms with Crippen LogP contribution in [-0.4, -0.2) is 4.98 Å². The van der Waals surface area contributed by atoms with E-state index in [1.165, 1.54) is 14.8 Å². The minimum atomic E-state index is 0.797. The van der Waals surface area contributed by atoms with Crippen molar-refractivity contribution in [2.75, 3.05) is 5.32 Å². The van der Waals surface area contributed by atoms with E-state index in [9.17, 15) is 0 Å². The molecule has 0 unspecified atom stereocenters. The summed E-state index contributed by atoms with van der Waals surface area (Å²) in [6, 6.07) is 6.41. The van der Waals surface area contributed by atoms with Gasteiger partial charge in [0.2, 0.25) is 0 Å². The number of halogens is 1. The van der Waals surface area contributed by atoms with Gasteiger partial charge in [-0.2, -0.15) is 0 Å². The van der Waals surface area contributed by atoms with Crippen LogP contribution in [0.2, 0.25) is 0 Å². The number of aryl methyl sites for hydroxylation is 2. The Morgan fingerprint density at radius 3 is 2.81 bits per heavy atom. The smallest absolute Gasteiger partial charge is 0.0898 e. The molecule has 1 aromatic carbocycles. The third-order valence-electron chi connectivity index (χ3n) is 2.31. The Labute approximate surface area is 113 Å². The number of hydrogen-bond acceptors (Lipinski definition) is 3. The molecular formula is C12H13IN2S. The van der Waals surface area contributed by atoms with E-state index in [1.54, 1.807) is 11.3 Å². The molecule has 0 radical (unpaired) electrons. The molecule has 4 heteroatoms. The normalized spacial score (nSPS) is 10.4. The summed E-state index contributed by atoms with van der Waals surface area (Å²) >= 11 is 4.02. The topological polar surface area (TPSA) is 24.9 Å². The standard InChI is InChI=1S/C12H13IN2S/c1-8-5-10(13)3-4-12(8)14-6-11-7-16-9(2)15-11/h3-5,7,14H,6H2,1-2H3. The van der Waals surface area contributed by atoms with Crippen molar-refractivity contribution >= 4 is 39.6 Å². The molecule has 1 aromatic heterocycles. The highest BCUT2D eigenvalue weighted by Gasteiger charge is 2.01. The third-order valence-corrected chi connectivity index (χ3v) is 3.81. The zero-order valence-corrected chi connectivity index (χ0v) is 12.2. The number of aromatic nitrogens is 1. The van der Waals surface area contributed by atoms with Gasteiger partial charge in [-0.05, 0) is 60.2 Å². The summed E-state index contributed by atoms with van der Waals surface area (Å²) in [4.78, 5) is 4.43. The van der Waals surface area contributed by atoms with Crippen LogP contribution in [0.4, 0.5) is 5.69 Å². The summed E-state index contributed by atoms with van der Waals surface area (Å²) < 4.78 is 1.27. The highest BCUT2D eigenvalue weighted by Crippen LogP contribution is 2.18. The first kappa shape index (κ1) is 11.9. The van der Waals surface area contributed by atoms with Crippen molar-refractivity contribution in [1.29, 1.82) is 0 Å². The molecule has 0 aliphatic rings. The zero-order chi connectivity index (χ0) is 11.5. The first-order valence-electron chi connectivity index (χ1n) is 5.06. The summed E-state index contributed by atoms with van der Waals surface area (Å²) in [5.41, 5.74) is 3.57. The highest BCUT2D eigenvalue weighted by atomic mass is 127. The number of rotatable bonds is 3. The number of nitrogens with zero attached hydrogens (tertiary/aromatic N) is 1. The van der Waals surface area contributed by atoms with Crippen LogP contribution in [0, 0.1) is 17.4 Å². The first-order chi connectivity index (χ1) is 7.65. The van der Waals surface area contributed by atoms with Crippen LogP contribution >= 0.6 is 33.9 Å². The molecule has 0 bridgehead atoms. The lowest BCUT2D eigenvalue weighted by Gasteiger charge is -2.08. The molecule has 84 valence electrons. The second-order valence-electron chi connectivity index (χ2n) is 3.67. The fourth-order valence-electron chi connectivity index (χ4n) is 1.50. The second-order valence-corrected chi connectivity index (χ2v) is 5.98. The molecule has 16 heavy (non-hydrogen) atoms. The molecule has 0 amide bonds. The Morgan fingerprint density at radius 1 is 1.38 bits per heavy atom. The number of benzene rings is 1. The quantitative estimate of drug-likeness (QED) is 0.852. The molecule has 1 heterocycles. The Hall–Kier alpha value is -0.620. The first-order valence-corrected chi connectivity index (χ1v) is 7.02. The van der Waals surface area contributed by atoms with E-state index in [4.69, 9.17) is 0 Å². The van der Waals surface area contributed by atoms with Crippen molar-refractivity contribution in [3.05, 3.63) is 43.4 Å². The second kappa shape index (κ2) is 5.14. The molecule has 2 rings (SSSR count). The van der Waals surface area contributed by atoms with Gasteiger partial charge in [0.1, 0.15) is 0 Å². The maximum atomic E-state index is 4.43. The zero-order valence-electron chi connectivity index (χ0n) is 9.25. The third kappa shape index (κ3) is 2.95. The van der Waals surface area contributed by atoms with Gasteiger partial charge in [0.25, 0.3) is 0 Å². The Kier molecular flexibility index (Phi) is 3.81. The van der Waals surface area contributed by atoms with Gasteiger partial charge >= 0.3 is 0 Å². The van der Waals surface area contributed by atoms with Gasteiger partial charge in [-0.3, -0.25) is 0 Å². The van der Waals surface area contributed by atoms with Crippen LogP contribution in [0.5, 0.6) is 0 Å². The largest absolute Gasteiger partial charge is 0.379 e. The van der Waals surface area contributed by atoms with E-state index < -0.39 is 0 Å². The van der Waals surface area contributed by atoms with E-state index in [-0.39, 0.29) is 0 Å². The van der Waals surface area contributed by atoms with Crippen LogP contribution in [0.1, 0.15) is 16.3 Å². The lowest BCUT2D eigenvalue weighted by atomic mass is 10.2. The van der Waals surface area contributed by atoms with Gasteiger partial charge in [0.15, 0.2) is 0 Å². The van der Waals surface area contributed by atoms with E-state index in [0.29, 0.717) is 0 Å². The number of nitrogens with one attached hydrogen (secondary N) is 1. The predicted octanol–water partition coefficient (Wildman–Crippen LogP) is 3.98. The number of anilines is 1. The molecule has 0 saturated carbocycles. The fourth-order valence-corrected chi connectivity index (χ4v) is 2.76. The molecule has 0 aliphatic carbocycles. The van der Waals surface area contributed by atoms with Crippen molar-refractivity contribution in [2.24, 2.45) is 0 Å². The van der Waals surface area contributed by atoms with Crippen LogP contribution in [0.25, 0.3) is 0 Å². The van der Waals surface area contributed by atoms with Crippen LogP contribution in [0.3, 0.4) is 0 Å². The molecule has 2 aromatic rings. The van der Waals surface area contributed by atoms with E-state index in [1.807, 2.05) is 6.92 Å². The maximum Gasteiger partial charge on any atom is 0.0898 e. The molecular weight excluding hydrogens is 331 g/mol. The van der Waals surface area contributed by atoms with Gasteiger partial charge in [-0.15, -0.1) is 11.3 Å².